The molecule has 3 aliphatic rings. The number of carbonyl (C=O) groups excluding carboxylic acids is 3. The van der Waals surface area contributed by atoms with E-state index in [4.69, 9.17) is 4.74 Å². The van der Waals surface area contributed by atoms with Crippen LogP contribution >= 0.6 is 0 Å². The van der Waals surface area contributed by atoms with E-state index in [1.165, 1.54) is 4.31 Å². The van der Waals surface area contributed by atoms with Crippen LogP contribution in [0.25, 0.3) is 0 Å². The number of ether oxygens (including phenoxy) is 1. The molecule has 3 amide bonds. The Labute approximate surface area is 219 Å². The number of amides is 3. The number of piperidine rings is 1. The van der Waals surface area contributed by atoms with Crippen molar-refractivity contribution in [1.29, 1.82) is 0 Å². The van der Waals surface area contributed by atoms with Crippen LogP contribution in [0.3, 0.4) is 0 Å². The summed E-state index contributed by atoms with van der Waals surface area (Å²) in [6.07, 6.45) is 3.84. The fraction of sp³-hybridized carbons (Fsp3) is 0.654. The van der Waals surface area contributed by atoms with Gasteiger partial charge in [0.1, 0.15) is 5.75 Å². The van der Waals surface area contributed by atoms with Gasteiger partial charge in [0.15, 0.2) is 0 Å². The van der Waals surface area contributed by atoms with Gasteiger partial charge in [0.05, 0.1) is 19.4 Å². The molecule has 0 aliphatic carbocycles. The van der Waals surface area contributed by atoms with Crippen LogP contribution < -0.4 is 4.74 Å². The van der Waals surface area contributed by atoms with E-state index in [1.807, 2.05) is 29.2 Å². The summed E-state index contributed by atoms with van der Waals surface area (Å²) in [7, 11) is -3.62. The van der Waals surface area contributed by atoms with Gasteiger partial charge in [-0.2, -0.15) is 4.31 Å². The third-order valence-corrected chi connectivity index (χ3v) is 9.03. The zero-order valence-electron chi connectivity index (χ0n) is 21.8. The van der Waals surface area contributed by atoms with E-state index in [1.54, 1.807) is 16.7 Å². The largest absolute Gasteiger partial charge is 0.493 e. The van der Waals surface area contributed by atoms with Crippen molar-refractivity contribution in [3.8, 4) is 5.75 Å². The molecule has 0 unspecified atom stereocenters. The van der Waals surface area contributed by atoms with Gasteiger partial charge in [0.25, 0.3) is 0 Å². The summed E-state index contributed by atoms with van der Waals surface area (Å²) < 4.78 is 32.3. The van der Waals surface area contributed by atoms with E-state index in [0.29, 0.717) is 64.5 Å². The van der Waals surface area contributed by atoms with Crippen LogP contribution in [-0.2, 0) is 31.0 Å². The first-order chi connectivity index (χ1) is 17.6. The first-order valence-corrected chi connectivity index (χ1v) is 14.9. The summed E-state index contributed by atoms with van der Waals surface area (Å²) in [5.74, 6) is 0.828. The highest BCUT2D eigenvalue weighted by molar-refractivity contribution is 7.88. The second-order valence-corrected chi connectivity index (χ2v) is 12.4. The summed E-state index contributed by atoms with van der Waals surface area (Å²) in [5.41, 5.74) is 0.728. The minimum absolute atomic E-state index is 0.0347. The summed E-state index contributed by atoms with van der Waals surface area (Å²) in [4.78, 5) is 43.3. The predicted molar refractivity (Wildman–Crippen MR) is 138 cm³/mol. The molecule has 0 N–H and O–H groups in total. The van der Waals surface area contributed by atoms with Gasteiger partial charge in [-0.05, 0) is 37.2 Å². The lowest BCUT2D eigenvalue weighted by Gasteiger charge is -2.40. The van der Waals surface area contributed by atoms with Crippen LogP contribution in [0.5, 0.6) is 5.75 Å². The lowest BCUT2D eigenvalue weighted by Crippen LogP contribution is -2.51. The molecule has 2 bridgehead atoms. The Kier molecular flexibility index (Phi) is 8.74. The normalized spacial score (nSPS) is 24.3. The second kappa shape index (κ2) is 11.8. The Morgan fingerprint density at radius 3 is 2.41 bits per heavy atom. The molecule has 0 radical (unpaired) electrons. The number of hydrogen-bond donors (Lipinski definition) is 0. The number of hydrogen-bond acceptors (Lipinski definition) is 6. The minimum Gasteiger partial charge on any atom is -0.493 e. The molecular weight excluding hydrogens is 496 g/mol. The molecule has 204 valence electrons. The van der Waals surface area contributed by atoms with Gasteiger partial charge in [0.2, 0.25) is 27.7 Å². The lowest BCUT2D eigenvalue weighted by molar-refractivity contribution is -0.140. The van der Waals surface area contributed by atoms with Crippen molar-refractivity contribution in [2.75, 3.05) is 58.7 Å². The van der Waals surface area contributed by atoms with Gasteiger partial charge in [0, 0.05) is 64.7 Å². The highest BCUT2D eigenvalue weighted by atomic mass is 32.2. The van der Waals surface area contributed by atoms with Crippen LogP contribution in [0.4, 0.5) is 0 Å². The molecule has 10 nitrogen and oxygen atoms in total. The Morgan fingerprint density at radius 1 is 1.00 bits per heavy atom. The standard InChI is InChI=1S/C26H38N4O6S/c1-20(31)27-11-13-28(14-12-27)25(32)16-21-9-10-29-17-22(21)7-5-15-36-24-8-4-3-6-23(24)18-30(19-26(29)33)37(2,34)35/h3-4,6,8,21-22H,5,7,9-19H2,1-2H3/t21-,22-/m0/s1. The molecule has 0 spiro atoms. The molecule has 37 heavy (non-hydrogen) atoms. The molecule has 2 fully saturated rings. The van der Waals surface area contributed by atoms with Crippen molar-refractivity contribution in [2.24, 2.45) is 11.8 Å². The third-order valence-electron chi connectivity index (χ3n) is 7.84. The number of fused-ring (bicyclic) bond motifs is 3. The number of para-hydroxylation sites is 1. The average Bonchev–Trinajstić information content (AvgIpc) is 2.87. The summed E-state index contributed by atoms with van der Waals surface area (Å²) in [5, 5.41) is 0. The third kappa shape index (κ3) is 7.01. The lowest BCUT2D eigenvalue weighted by atomic mass is 9.80. The van der Waals surface area contributed by atoms with Crippen LogP contribution in [0.2, 0.25) is 0 Å². The van der Waals surface area contributed by atoms with E-state index in [-0.39, 0.29) is 42.6 Å². The number of nitrogens with zero attached hydrogens (tertiary/aromatic N) is 4. The molecule has 2 saturated heterocycles. The fourth-order valence-corrected chi connectivity index (χ4v) is 6.28. The summed E-state index contributed by atoms with van der Waals surface area (Å²) in [6, 6.07) is 7.34. The topological polar surface area (TPSA) is 108 Å². The van der Waals surface area contributed by atoms with Crippen molar-refractivity contribution in [3.05, 3.63) is 29.8 Å². The Bertz CT molecular complexity index is 1100. The van der Waals surface area contributed by atoms with Gasteiger partial charge in [-0.3, -0.25) is 14.4 Å². The summed E-state index contributed by atoms with van der Waals surface area (Å²) in [6.45, 7) is 5.14. The zero-order chi connectivity index (χ0) is 26.6. The van der Waals surface area contributed by atoms with Crippen LogP contribution in [0.1, 0.15) is 38.2 Å². The molecule has 4 rings (SSSR count). The highest BCUT2D eigenvalue weighted by Crippen LogP contribution is 2.32. The maximum Gasteiger partial charge on any atom is 0.237 e. The molecule has 2 atom stereocenters. The second-order valence-electron chi connectivity index (χ2n) is 10.4. The number of benzene rings is 1. The Hall–Kier alpha value is -2.66. The van der Waals surface area contributed by atoms with E-state index in [2.05, 4.69) is 0 Å². The molecule has 0 saturated carbocycles. The number of carbonyl (C=O) groups is 3. The van der Waals surface area contributed by atoms with E-state index >= 15 is 0 Å². The van der Waals surface area contributed by atoms with Crippen LogP contribution in [0, 0.1) is 11.8 Å². The number of rotatable bonds is 3. The van der Waals surface area contributed by atoms with E-state index in [0.717, 1.165) is 24.7 Å². The molecule has 1 aromatic carbocycles. The molecule has 0 aromatic heterocycles. The first kappa shape index (κ1) is 27.4. The van der Waals surface area contributed by atoms with Gasteiger partial charge in [-0.1, -0.05) is 18.2 Å². The maximum atomic E-state index is 13.2. The minimum atomic E-state index is -3.62. The molecule has 3 aliphatic heterocycles. The Balaban J connectivity index is 1.46. The van der Waals surface area contributed by atoms with Gasteiger partial charge in [-0.25, -0.2) is 8.42 Å². The predicted octanol–water partition coefficient (Wildman–Crippen LogP) is 1.17. The van der Waals surface area contributed by atoms with Crippen LogP contribution in [0.15, 0.2) is 24.3 Å². The van der Waals surface area contributed by atoms with Crippen molar-refractivity contribution in [3.63, 3.8) is 0 Å². The van der Waals surface area contributed by atoms with Crippen molar-refractivity contribution >= 4 is 27.7 Å². The fourth-order valence-electron chi connectivity index (χ4n) is 5.56. The Morgan fingerprint density at radius 2 is 1.70 bits per heavy atom. The SMILES string of the molecule is CC(=O)N1CCN(C(=O)C[C@@H]2CCN3C[C@@H]2CCCOc2ccccc2CN(S(C)(=O)=O)CC3=O)CC1. The molecular formula is C26H38N4O6S. The monoisotopic (exact) mass is 534 g/mol. The van der Waals surface area contributed by atoms with Crippen molar-refractivity contribution < 1.29 is 27.5 Å². The van der Waals surface area contributed by atoms with E-state index < -0.39 is 10.0 Å². The van der Waals surface area contributed by atoms with Crippen LogP contribution in [-0.4, -0.2) is 104 Å². The highest BCUT2D eigenvalue weighted by Gasteiger charge is 2.35. The van der Waals surface area contributed by atoms with E-state index in [9.17, 15) is 22.8 Å². The molecule has 3 heterocycles. The summed E-state index contributed by atoms with van der Waals surface area (Å²) >= 11 is 0. The maximum absolute atomic E-state index is 13.2. The van der Waals surface area contributed by atoms with Crippen molar-refractivity contribution in [2.45, 2.75) is 39.2 Å². The zero-order valence-corrected chi connectivity index (χ0v) is 22.6. The average molecular weight is 535 g/mol. The number of piperazine rings is 1. The van der Waals surface area contributed by atoms with Gasteiger partial charge in [-0.15, -0.1) is 0 Å². The molecule has 11 heteroatoms. The molecule has 1 aromatic rings. The van der Waals surface area contributed by atoms with Gasteiger partial charge >= 0.3 is 0 Å². The smallest absolute Gasteiger partial charge is 0.237 e. The first-order valence-electron chi connectivity index (χ1n) is 13.1. The van der Waals surface area contributed by atoms with Crippen molar-refractivity contribution in [1.82, 2.24) is 19.0 Å². The quantitative estimate of drug-likeness (QED) is 0.576. The number of sulfonamides is 1. The van der Waals surface area contributed by atoms with Gasteiger partial charge < -0.3 is 19.4 Å².